The van der Waals surface area contributed by atoms with Gasteiger partial charge in [-0.05, 0) is 55.5 Å². The van der Waals surface area contributed by atoms with Crippen LogP contribution >= 0.6 is 0 Å². The van der Waals surface area contributed by atoms with Gasteiger partial charge in [-0.15, -0.1) is 0 Å². The minimum Gasteiger partial charge on any atom is -0.337 e. The molecule has 0 unspecified atom stereocenters. The molecule has 1 amide bonds. The first-order chi connectivity index (χ1) is 14.3. The number of nitrogens with zero attached hydrogens (tertiary/aromatic N) is 3. The lowest BCUT2D eigenvalue weighted by molar-refractivity contribution is -0.142. The summed E-state index contributed by atoms with van der Waals surface area (Å²) in [5, 5.41) is 3.90. The van der Waals surface area contributed by atoms with Crippen molar-refractivity contribution >= 4 is 5.91 Å². The normalized spacial score (nSPS) is 13.7. The number of rotatable bonds is 4. The maximum Gasteiger partial charge on any atom is 0.435 e. The first-order valence-corrected chi connectivity index (χ1v) is 9.92. The van der Waals surface area contributed by atoms with E-state index in [1.165, 1.54) is 4.68 Å². The van der Waals surface area contributed by atoms with Crippen molar-refractivity contribution in [2.75, 3.05) is 7.05 Å². The zero-order chi connectivity index (χ0) is 21.3. The van der Waals surface area contributed by atoms with Gasteiger partial charge in [0.15, 0.2) is 5.69 Å². The van der Waals surface area contributed by atoms with Gasteiger partial charge in [-0.1, -0.05) is 30.3 Å². The molecule has 4 rings (SSSR count). The van der Waals surface area contributed by atoms with Crippen LogP contribution in [0.3, 0.4) is 0 Å². The molecule has 156 valence electrons. The van der Waals surface area contributed by atoms with Gasteiger partial charge in [0.05, 0.1) is 5.69 Å². The number of alkyl halides is 3. The zero-order valence-electron chi connectivity index (χ0n) is 16.6. The smallest absolute Gasteiger partial charge is 0.337 e. The predicted octanol–water partition coefficient (Wildman–Crippen LogP) is 5.04. The van der Waals surface area contributed by atoms with Crippen molar-refractivity contribution in [1.82, 2.24) is 14.7 Å². The quantitative estimate of drug-likeness (QED) is 0.601. The second-order valence-electron chi connectivity index (χ2n) is 7.58. The number of amides is 1. The third-order valence-corrected chi connectivity index (χ3v) is 5.42. The molecule has 0 saturated carbocycles. The van der Waals surface area contributed by atoms with Crippen molar-refractivity contribution in [3.05, 3.63) is 82.7 Å². The molecule has 0 radical (unpaired) electrons. The summed E-state index contributed by atoms with van der Waals surface area (Å²) < 4.78 is 41.6. The van der Waals surface area contributed by atoms with E-state index in [0.29, 0.717) is 41.9 Å². The van der Waals surface area contributed by atoms with Crippen molar-refractivity contribution in [3.8, 4) is 5.69 Å². The fraction of sp³-hybridized carbons (Fsp3) is 0.304. The van der Waals surface area contributed by atoms with Crippen LogP contribution in [0.15, 0.2) is 54.6 Å². The average Bonchev–Trinajstić information content (AvgIpc) is 3.14. The van der Waals surface area contributed by atoms with Crippen LogP contribution in [0.4, 0.5) is 13.2 Å². The van der Waals surface area contributed by atoms with E-state index in [-0.39, 0.29) is 5.91 Å². The van der Waals surface area contributed by atoms with Crippen molar-refractivity contribution in [2.45, 2.75) is 38.4 Å². The van der Waals surface area contributed by atoms with Gasteiger partial charge in [0.25, 0.3) is 5.91 Å². The third-order valence-electron chi connectivity index (χ3n) is 5.42. The van der Waals surface area contributed by atoms with Crippen LogP contribution in [-0.4, -0.2) is 27.6 Å². The van der Waals surface area contributed by atoms with E-state index in [1.807, 2.05) is 30.3 Å². The second-order valence-corrected chi connectivity index (χ2v) is 7.58. The molecule has 1 aliphatic carbocycles. The van der Waals surface area contributed by atoms with Gasteiger partial charge >= 0.3 is 6.18 Å². The van der Waals surface area contributed by atoms with Crippen molar-refractivity contribution < 1.29 is 18.0 Å². The Morgan fingerprint density at radius 2 is 1.70 bits per heavy atom. The Morgan fingerprint density at radius 1 is 1.03 bits per heavy atom. The number of carbonyl (C=O) groups excluding carboxylic acids is 1. The van der Waals surface area contributed by atoms with Crippen molar-refractivity contribution in [2.24, 2.45) is 0 Å². The number of carbonyl (C=O) groups is 1. The monoisotopic (exact) mass is 413 g/mol. The van der Waals surface area contributed by atoms with Gasteiger partial charge in [0, 0.05) is 30.4 Å². The Kier molecular flexibility index (Phi) is 5.37. The van der Waals surface area contributed by atoms with E-state index in [9.17, 15) is 18.0 Å². The van der Waals surface area contributed by atoms with Gasteiger partial charge in [0.2, 0.25) is 0 Å². The van der Waals surface area contributed by atoms with Crippen molar-refractivity contribution in [3.63, 3.8) is 0 Å². The Balaban J connectivity index is 1.58. The highest BCUT2D eigenvalue weighted by Crippen LogP contribution is 2.36. The summed E-state index contributed by atoms with van der Waals surface area (Å²) in [5.74, 6) is -0.149. The molecule has 7 heteroatoms. The maximum absolute atomic E-state index is 13.4. The summed E-state index contributed by atoms with van der Waals surface area (Å²) in [5.41, 5.74) is 2.17. The molecule has 1 aromatic heterocycles. The SMILES string of the molecule is CN(Cc1ccccc1)C(=O)c1ccc(-n2nc(C(F)(F)F)c3c2CCCC3)cc1. The van der Waals surface area contributed by atoms with Crippen LogP contribution in [0.1, 0.15) is 45.7 Å². The van der Waals surface area contributed by atoms with E-state index in [2.05, 4.69) is 5.10 Å². The first-order valence-electron chi connectivity index (χ1n) is 9.92. The Bertz CT molecular complexity index is 1040. The molecule has 0 aliphatic heterocycles. The zero-order valence-corrected chi connectivity index (χ0v) is 16.6. The minimum atomic E-state index is -4.47. The molecule has 30 heavy (non-hydrogen) atoms. The molecule has 2 aromatic carbocycles. The summed E-state index contributed by atoms with van der Waals surface area (Å²) in [6.07, 6.45) is -1.92. The lowest BCUT2D eigenvalue weighted by Crippen LogP contribution is -2.26. The molecule has 0 saturated heterocycles. The molecule has 4 nitrogen and oxygen atoms in total. The molecule has 0 atom stereocenters. The number of aromatic nitrogens is 2. The van der Waals surface area contributed by atoms with Gasteiger partial charge < -0.3 is 4.90 Å². The van der Waals surface area contributed by atoms with Gasteiger partial charge in [-0.3, -0.25) is 4.79 Å². The number of fused-ring (bicyclic) bond motifs is 1. The van der Waals surface area contributed by atoms with E-state index in [1.54, 1.807) is 36.2 Å². The fourth-order valence-corrected chi connectivity index (χ4v) is 3.93. The molecule has 0 N–H and O–H groups in total. The minimum absolute atomic E-state index is 0.149. The lowest BCUT2D eigenvalue weighted by atomic mass is 9.95. The predicted molar refractivity (Wildman–Crippen MR) is 107 cm³/mol. The van der Waals surface area contributed by atoms with Gasteiger partial charge in [-0.2, -0.15) is 18.3 Å². The van der Waals surface area contributed by atoms with Crippen LogP contribution in [-0.2, 0) is 25.6 Å². The van der Waals surface area contributed by atoms with Crippen LogP contribution in [0.5, 0.6) is 0 Å². The van der Waals surface area contributed by atoms with Crippen molar-refractivity contribution in [1.29, 1.82) is 0 Å². The Hall–Kier alpha value is -3.09. The summed E-state index contributed by atoms with van der Waals surface area (Å²) >= 11 is 0. The second kappa shape index (κ2) is 7.97. The van der Waals surface area contributed by atoms with Gasteiger partial charge in [0.1, 0.15) is 0 Å². The third kappa shape index (κ3) is 3.97. The standard InChI is InChI=1S/C23H22F3N3O/c1-28(15-16-7-3-2-4-8-16)22(30)17-11-13-18(14-12-17)29-20-10-6-5-9-19(20)21(27-29)23(24,25)26/h2-4,7-8,11-14H,5-6,9-10,15H2,1H3. The highest BCUT2D eigenvalue weighted by Gasteiger charge is 2.39. The van der Waals surface area contributed by atoms with Crippen LogP contribution in [0, 0.1) is 0 Å². The summed E-state index contributed by atoms with van der Waals surface area (Å²) in [7, 11) is 1.72. The first kappa shape index (κ1) is 20.2. The summed E-state index contributed by atoms with van der Waals surface area (Å²) in [6.45, 7) is 0.475. The van der Waals surface area contributed by atoms with Crippen LogP contribution < -0.4 is 0 Å². The van der Waals surface area contributed by atoms with E-state index in [0.717, 1.165) is 18.4 Å². The molecule has 0 spiro atoms. The number of hydrogen-bond acceptors (Lipinski definition) is 2. The Morgan fingerprint density at radius 3 is 2.37 bits per heavy atom. The number of benzene rings is 2. The molecular weight excluding hydrogens is 391 g/mol. The highest BCUT2D eigenvalue weighted by atomic mass is 19.4. The fourth-order valence-electron chi connectivity index (χ4n) is 3.93. The molecule has 3 aromatic rings. The molecule has 1 aliphatic rings. The van der Waals surface area contributed by atoms with E-state index >= 15 is 0 Å². The van der Waals surface area contributed by atoms with Crippen LogP contribution in [0.2, 0.25) is 0 Å². The summed E-state index contributed by atoms with van der Waals surface area (Å²) in [4.78, 5) is 14.3. The lowest BCUT2D eigenvalue weighted by Gasteiger charge is -2.18. The number of hydrogen-bond donors (Lipinski definition) is 0. The average molecular weight is 413 g/mol. The molecular formula is C23H22F3N3O. The van der Waals surface area contributed by atoms with Gasteiger partial charge in [-0.25, -0.2) is 4.68 Å². The molecule has 0 bridgehead atoms. The largest absolute Gasteiger partial charge is 0.435 e. The molecule has 0 fully saturated rings. The maximum atomic E-state index is 13.4. The number of halogens is 3. The summed E-state index contributed by atoms with van der Waals surface area (Å²) in [6, 6.07) is 16.3. The van der Waals surface area contributed by atoms with E-state index < -0.39 is 11.9 Å². The van der Waals surface area contributed by atoms with E-state index in [4.69, 9.17) is 0 Å². The molecule has 1 heterocycles. The topological polar surface area (TPSA) is 38.1 Å². The van der Waals surface area contributed by atoms with Crippen LogP contribution in [0.25, 0.3) is 5.69 Å². The highest BCUT2D eigenvalue weighted by molar-refractivity contribution is 5.94. The Labute approximate surface area is 172 Å².